The van der Waals surface area contributed by atoms with Crippen molar-refractivity contribution in [3.8, 4) is 5.75 Å². The number of nitrogens with one attached hydrogen (secondary N) is 1. The van der Waals surface area contributed by atoms with Crippen LogP contribution in [0, 0.1) is 0 Å². The molecular formula is C22H25ClN2O3. The smallest absolute Gasteiger partial charge is 0.263 e. The van der Waals surface area contributed by atoms with Crippen molar-refractivity contribution in [2.75, 3.05) is 13.1 Å². The van der Waals surface area contributed by atoms with Gasteiger partial charge in [0.15, 0.2) is 5.60 Å². The van der Waals surface area contributed by atoms with Crippen LogP contribution in [0.4, 0.5) is 0 Å². The summed E-state index contributed by atoms with van der Waals surface area (Å²) in [7, 11) is 0. The standard InChI is InChI=1S/C22H25ClN2O3/c1-22(2,28-19-10-8-17(23)9-11-19)21(27)24-18-12-14-25(15-13-18)20(26)16-6-4-3-5-7-16/h3-11,18H,12-15H2,1-2H3,(H,24,27). The minimum Gasteiger partial charge on any atom is -0.478 e. The number of benzene rings is 2. The maximum absolute atomic E-state index is 12.7. The van der Waals surface area contributed by atoms with Gasteiger partial charge in [0.1, 0.15) is 5.75 Å². The third-order valence-electron chi connectivity index (χ3n) is 4.87. The number of ether oxygens (including phenoxy) is 1. The SMILES string of the molecule is CC(C)(Oc1ccc(Cl)cc1)C(=O)NC1CCN(C(=O)c2ccccc2)CC1. The van der Waals surface area contributed by atoms with Crippen LogP contribution in [-0.4, -0.2) is 41.4 Å². The Hall–Kier alpha value is -2.53. The molecule has 2 amide bonds. The Balaban J connectivity index is 1.51. The van der Waals surface area contributed by atoms with Crippen molar-refractivity contribution in [1.29, 1.82) is 0 Å². The first kappa shape index (κ1) is 20.2. The summed E-state index contributed by atoms with van der Waals surface area (Å²) >= 11 is 5.88. The number of piperidine rings is 1. The van der Waals surface area contributed by atoms with Gasteiger partial charge in [-0.1, -0.05) is 29.8 Å². The number of carbonyl (C=O) groups excluding carboxylic acids is 2. The molecule has 0 atom stereocenters. The lowest BCUT2D eigenvalue weighted by Gasteiger charge is -2.34. The van der Waals surface area contributed by atoms with Crippen molar-refractivity contribution in [2.45, 2.75) is 38.3 Å². The summed E-state index contributed by atoms with van der Waals surface area (Å²) in [5, 5.41) is 3.68. The number of nitrogens with zero attached hydrogens (tertiary/aromatic N) is 1. The molecule has 1 fully saturated rings. The molecule has 1 aliphatic rings. The fraction of sp³-hybridized carbons (Fsp3) is 0.364. The van der Waals surface area contributed by atoms with Crippen LogP contribution in [0.5, 0.6) is 5.75 Å². The second kappa shape index (κ2) is 8.65. The van der Waals surface area contributed by atoms with Gasteiger partial charge >= 0.3 is 0 Å². The summed E-state index contributed by atoms with van der Waals surface area (Å²) in [5.41, 5.74) is -0.312. The minimum absolute atomic E-state index is 0.0282. The zero-order valence-corrected chi connectivity index (χ0v) is 16.9. The first-order valence-electron chi connectivity index (χ1n) is 9.45. The van der Waals surface area contributed by atoms with Crippen LogP contribution in [0.15, 0.2) is 54.6 Å². The molecule has 0 aliphatic carbocycles. The highest BCUT2D eigenvalue weighted by atomic mass is 35.5. The summed E-state index contributed by atoms with van der Waals surface area (Å²) < 4.78 is 5.84. The first-order valence-corrected chi connectivity index (χ1v) is 9.83. The Kier molecular flexibility index (Phi) is 6.25. The number of carbonyl (C=O) groups is 2. The second-order valence-corrected chi connectivity index (χ2v) is 7.91. The van der Waals surface area contributed by atoms with Crippen molar-refractivity contribution in [2.24, 2.45) is 0 Å². The average Bonchev–Trinajstić information content (AvgIpc) is 2.70. The van der Waals surface area contributed by atoms with Gasteiger partial charge in [-0.15, -0.1) is 0 Å². The highest BCUT2D eigenvalue weighted by Gasteiger charge is 2.33. The van der Waals surface area contributed by atoms with E-state index in [1.165, 1.54) is 0 Å². The van der Waals surface area contributed by atoms with E-state index in [0.29, 0.717) is 29.4 Å². The van der Waals surface area contributed by atoms with E-state index >= 15 is 0 Å². The maximum Gasteiger partial charge on any atom is 0.263 e. The maximum atomic E-state index is 12.7. The van der Waals surface area contributed by atoms with Crippen LogP contribution >= 0.6 is 11.6 Å². The Morgan fingerprint density at radius 2 is 1.64 bits per heavy atom. The van der Waals surface area contributed by atoms with Crippen molar-refractivity contribution in [3.05, 3.63) is 65.2 Å². The van der Waals surface area contributed by atoms with Gasteiger partial charge < -0.3 is 15.0 Å². The molecule has 2 aromatic carbocycles. The monoisotopic (exact) mass is 400 g/mol. The van der Waals surface area contributed by atoms with Crippen LogP contribution in [-0.2, 0) is 4.79 Å². The van der Waals surface area contributed by atoms with E-state index in [-0.39, 0.29) is 17.9 Å². The fourth-order valence-electron chi connectivity index (χ4n) is 3.19. The molecule has 1 heterocycles. The number of halogens is 1. The van der Waals surface area contributed by atoms with E-state index in [9.17, 15) is 9.59 Å². The normalized spacial score (nSPS) is 15.2. The number of hydrogen-bond donors (Lipinski definition) is 1. The van der Waals surface area contributed by atoms with E-state index in [1.54, 1.807) is 38.1 Å². The number of amides is 2. The molecule has 2 aromatic rings. The molecule has 0 aromatic heterocycles. The van der Waals surface area contributed by atoms with E-state index in [0.717, 1.165) is 12.8 Å². The lowest BCUT2D eigenvalue weighted by molar-refractivity contribution is -0.135. The molecule has 0 saturated carbocycles. The second-order valence-electron chi connectivity index (χ2n) is 7.47. The van der Waals surface area contributed by atoms with Gasteiger partial charge in [0, 0.05) is 29.7 Å². The third kappa shape index (κ3) is 5.04. The zero-order valence-electron chi connectivity index (χ0n) is 16.2. The van der Waals surface area contributed by atoms with Crippen molar-refractivity contribution >= 4 is 23.4 Å². The third-order valence-corrected chi connectivity index (χ3v) is 5.12. The summed E-state index contributed by atoms with van der Waals surface area (Å²) in [6.07, 6.45) is 1.45. The molecule has 1 N–H and O–H groups in total. The van der Waals surface area contributed by atoms with Crippen LogP contribution in [0.2, 0.25) is 5.02 Å². The quantitative estimate of drug-likeness (QED) is 0.827. The molecule has 0 spiro atoms. The molecule has 1 aliphatic heterocycles. The molecule has 0 bridgehead atoms. The largest absolute Gasteiger partial charge is 0.478 e. The van der Waals surface area contributed by atoms with Crippen molar-refractivity contribution in [1.82, 2.24) is 10.2 Å². The molecule has 148 valence electrons. The van der Waals surface area contributed by atoms with Gasteiger partial charge in [-0.25, -0.2) is 0 Å². The van der Waals surface area contributed by atoms with Gasteiger partial charge in [0.2, 0.25) is 0 Å². The highest BCUT2D eigenvalue weighted by molar-refractivity contribution is 6.30. The fourth-order valence-corrected chi connectivity index (χ4v) is 3.32. The van der Waals surface area contributed by atoms with Gasteiger partial charge in [-0.3, -0.25) is 9.59 Å². The Labute approximate surface area is 170 Å². The number of rotatable bonds is 5. The molecule has 1 saturated heterocycles. The first-order chi connectivity index (χ1) is 13.3. The lowest BCUT2D eigenvalue weighted by atomic mass is 10.0. The van der Waals surface area contributed by atoms with E-state index in [4.69, 9.17) is 16.3 Å². The molecule has 5 nitrogen and oxygen atoms in total. The number of hydrogen-bond acceptors (Lipinski definition) is 3. The van der Waals surface area contributed by atoms with Crippen molar-refractivity contribution < 1.29 is 14.3 Å². The molecule has 3 rings (SSSR count). The highest BCUT2D eigenvalue weighted by Crippen LogP contribution is 2.22. The van der Waals surface area contributed by atoms with Crippen molar-refractivity contribution in [3.63, 3.8) is 0 Å². The van der Waals surface area contributed by atoms with Crippen LogP contribution in [0.3, 0.4) is 0 Å². The zero-order chi connectivity index (χ0) is 20.1. The van der Waals surface area contributed by atoms with Gasteiger partial charge in [0.05, 0.1) is 0 Å². The predicted octanol–water partition coefficient (Wildman–Crippen LogP) is 3.92. The number of likely N-dealkylation sites (tertiary alicyclic amines) is 1. The van der Waals surface area contributed by atoms with Crippen LogP contribution in [0.1, 0.15) is 37.0 Å². The lowest BCUT2D eigenvalue weighted by Crippen LogP contribution is -2.53. The Morgan fingerprint density at radius 1 is 1.04 bits per heavy atom. The molecule has 28 heavy (non-hydrogen) atoms. The molecule has 6 heteroatoms. The topological polar surface area (TPSA) is 58.6 Å². The molecule has 0 unspecified atom stereocenters. The summed E-state index contributed by atoms with van der Waals surface area (Å²) in [5.74, 6) is 0.458. The van der Waals surface area contributed by atoms with Crippen LogP contribution < -0.4 is 10.1 Å². The Bertz CT molecular complexity index is 813. The van der Waals surface area contributed by atoms with Gasteiger partial charge in [-0.05, 0) is 63.1 Å². The van der Waals surface area contributed by atoms with E-state index < -0.39 is 5.60 Å². The summed E-state index contributed by atoms with van der Waals surface area (Å²) in [4.78, 5) is 27.1. The Morgan fingerprint density at radius 3 is 2.25 bits per heavy atom. The van der Waals surface area contributed by atoms with Gasteiger partial charge in [-0.2, -0.15) is 0 Å². The molecule has 0 radical (unpaired) electrons. The average molecular weight is 401 g/mol. The van der Waals surface area contributed by atoms with Gasteiger partial charge in [0.25, 0.3) is 11.8 Å². The van der Waals surface area contributed by atoms with E-state index in [2.05, 4.69) is 5.32 Å². The summed E-state index contributed by atoms with van der Waals surface area (Å²) in [6.45, 7) is 4.73. The molecular weight excluding hydrogens is 376 g/mol. The summed E-state index contributed by atoms with van der Waals surface area (Å²) in [6, 6.07) is 16.2. The predicted molar refractivity (Wildman–Crippen MR) is 110 cm³/mol. The van der Waals surface area contributed by atoms with Crippen LogP contribution in [0.25, 0.3) is 0 Å². The van der Waals surface area contributed by atoms with E-state index in [1.807, 2.05) is 35.2 Å². The minimum atomic E-state index is -1.01.